The summed E-state index contributed by atoms with van der Waals surface area (Å²) < 4.78 is 1.68. The first-order valence-electron chi connectivity index (χ1n) is 10.8. The average molecular weight is 445 g/mol. The fraction of sp³-hybridized carbons (Fsp3) is 0.292. The molecule has 1 amide bonds. The lowest BCUT2D eigenvalue weighted by atomic mass is 9.90. The Kier molecular flexibility index (Phi) is 6.11. The topological polar surface area (TPSA) is 76.3 Å². The van der Waals surface area contributed by atoms with Gasteiger partial charge >= 0.3 is 0 Å². The minimum atomic E-state index is 0.170. The number of pyridine rings is 1. The predicted molar refractivity (Wildman–Crippen MR) is 124 cm³/mol. The molecule has 3 aromatic heterocycles. The molecule has 5 rings (SSSR count). The molecule has 1 aliphatic rings. The normalized spacial score (nSPS) is 14.7. The van der Waals surface area contributed by atoms with Crippen molar-refractivity contribution in [3.63, 3.8) is 0 Å². The second kappa shape index (κ2) is 9.48. The Bertz CT molecular complexity index is 1190. The summed E-state index contributed by atoms with van der Waals surface area (Å²) in [5.74, 6) is 1.79. The standard InChI is InChI=1S/C24H24N6OS/c31-23(29-14-11-19(12-15-29)16-18-6-2-1-3-7-18)17-32-22-10-9-21-26-27-24(30(21)28-22)20-8-4-5-13-25-20/h1-10,13,19H,11-12,14-17H2. The first-order valence-corrected chi connectivity index (χ1v) is 11.8. The highest BCUT2D eigenvalue weighted by atomic mass is 32.2. The van der Waals surface area contributed by atoms with E-state index in [9.17, 15) is 4.79 Å². The number of piperidine rings is 1. The van der Waals surface area contributed by atoms with Crippen LogP contribution in [0.3, 0.4) is 0 Å². The van der Waals surface area contributed by atoms with Crippen LogP contribution in [0.4, 0.5) is 0 Å². The fourth-order valence-electron chi connectivity index (χ4n) is 4.06. The van der Waals surface area contributed by atoms with E-state index < -0.39 is 0 Å². The van der Waals surface area contributed by atoms with Crippen molar-refractivity contribution in [1.82, 2.24) is 29.7 Å². The van der Waals surface area contributed by atoms with Crippen molar-refractivity contribution in [3.05, 3.63) is 72.4 Å². The van der Waals surface area contributed by atoms with Crippen LogP contribution in [0, 0.1) is 5.92 Å². The zero-order valence-corrected chi connectivity index (χ0v) is 18.5. The zero-order chi connectivity index (χ0) is 21.8. The van der Waals surface area contributed by atoms with Crippen molar-refractivity contribution in [3.8, 4) is 11.5 Å². The number of carbonyl (C=O) groups is 1. The Hall–Kier alpha value is -3.26. The molecule has 4 aromatic rings. The third kappa shape index (κ3) is 4.65. The predicted octanol–water partition coefficient (Wildman–Crippen LogP) is 3.76. The maximum absolute atomic E-state index is 12.8. The number of carbonyl (C=O) groups excluding carboxylic acids is 1. The number of aromatic nitrogens is 5. The molecule has 0 atom stereocenters. The summed E-state index contributed by atoms with van der Waals surface area (Å²) in [7, 11) is 0. The van der Waals surface area contributed by atoms with Gasteiger partial charge in [-0.3, -0.25) is 9.78 Å². The Morgan fingerprint density at radius 3 is 2.56 bits per heavy atom. The highest BCUT2D eigenvalue weighted by Gasteiger charge is 2.23. The van der Waals surface area contributed by atoms with Crippen LogP contribution in [0.5, 0.6) is 0 Å². The molecule has 32 heavy (non-hydrogen) atoms. The van der Waals surface area contributed by atoms with E-state index in [0.717, 1.165) is 37.4 Å². The lowest BCUT2D eigenvalue weighted by molar-refractivity contribution is -0.129. The molecule has 1 aromatic carbocycles. The Balaban J connectivity index is 1.17. The molecule has 0 bridgehead atoms. The fourth-order valence-corrected chi connectivity index (χ4v) is 4.82. The summed E-state index contributed by atoms with van der Waals surface area (Å²) in [5, 5.41) is 13.8. The van der Waals surface area contributed by atoms with Crippen LogP contribution in [-0.2, 0) is 11.2 Å². The molecular weight excluding hydrogens is 420 g/mol. The van der Waals surface area contributed by atoms with Gasteiger partial charge in [0.05, 0.1) is 5.75 Å². The van der Waals surface area contributed by atoms with Crippen LogP contribution < -0.4 is 0 Å². The number of amides is 1. The van der Waals surface area contributed by atoms with Gasteiger partial charge in [-0.2, -0.15) is 9.61 Å². The third-order valence-electron chi connectivity index (χ3n) is 5.81. The molecular formula is C24H24N6OS. The molecule has 1 aliphatic heterocycles. The zero-order valence-electron chi connectivity index (χ0n) is 17.7. The van der Waals surface area contributed by atoms with Crippen LogP contribution in [0.1, 0.15) is 18.4 Å². The molecule has 7 nitrogen and oxygen atoms in total. The second-order valence-electron chi connectivity index (χ2n) is 7.98. The Morgan fingerprint density at radius 1 is 0.969 bits per heavy atom. The van der Waals surface area contributed by atoms with Gasteiger partial charge in [-0.25, -0.2) is 0 Å². The molecule has 0 unspecified atom stereocenters. The Labute approximate surface area is 190 Å². The summed E-state index contributed by atoms with van der Waals surface area (Å²) in [6, 6.07) is 20.0. The molecule has 0 N–H and O–H groups in total. The average Bonchev–Trinajstić information content (AvgIpc) is 3.27. The van der Waals surface area contributed by atoms with Crippen LogP contribution >= 0.6 is 11.8 Å². The molecule has 0 saturated carbocycles. The van der Waals surface area contributed by atoms with Crippen molar-refractivity contribution in [2.45, 2.75) is 24.3 Å². The maximum atomic E-state index is 12.8. The van der Waals surface area contributed by atoms with Gasteiger partial charge < -0.3 is 4.90 Å². The van der Waals surface area contributed by atoms with Gasteiger partial charge in [0.2, 0.25) is 11.7 Å². The smallest absolute Gasteiger partial charge is 0.232 e. The van der Waals surface area contributed by atoms with Crippen LogP contribution in [0.25, 0.3) is 17.2 Å². The van der Waals surface area contributed by atoms with E-state index >= 15 is 0 Å². The molecule has 0 aliphatic carbocycles. The summed E-state index contributed by atoms with van der Waals surface area (Å²) >= 11 is 1.45. The van der Waals surface area contributed by atoms with Gasteiger partial charge in [-0.05, 0) is 55.0 Å². The van der Waals surface area contributed by atoms with E-state index in [4.69, 9.17) is 0 Å². The number of fused-ring (bicyclic) bond motifs is 1. The lowest BCUT2D eigenvalue weighted by Gasteiger charge is -2.32. The van der Waals surface area contributed by atoms with Crippen molar-refractivity contribution >= 4 is 23.3 Å². The van der Waals surface area contributed by atoms with Crippen LogP contribution in [0.15, 0.2) is 71.9 Å². The SMILES string of the molecule is O=C(CSc1ccc2nnc(-c3ccccn3)n2n1)N1CCC(Cc2ccccc2)CC1. The summed E-state index contributed by atoms with van der Waals surface area (Å²) in [4.78, 5) is 19.1. The van der Waals surface area contributed by atoms with E-state index in [1.165, 1.54) is 17.3 Å². The van der Waals surface area contributed by atoms with Gasteiger partial charge in [0.1, 0.15) is 10.7 Å². The summed E-state index contributed by atoms with van der Waals surface area (Å²) in [5.41, 5.74) is 2.75. The van der Waals surface area contributed by atoms with Crippen molar-refractivity contribution in [1.29, 1.82) is 0 Å². The van der Waals surface area contributed by atoms with E-state index in [1.807, 2.05) is 35.2 Å². The number of nitrogens with zero attached hydrogens (tertiary/aromatic N) is 6. The number of benzene rings is 1. The lowest BCUT2D eigenvalue weighted by Crippen LogP contribution is -2.39. The first-order chi connectivity index (χ1) is 15.8. The quantitative estimate of drug-likeness (QED) is 0.422. The Morgan fingerprint density at radius 2 is 1.78 bits per heavy atom. The minimum absolute atomic E-state index is 0.170. The molecule has 1 fully saturated rings. The largest absolute Gasteiger partial charge is 0.342 e. The van der Waals surface area contributed by atoms with Gasteiger partial charge in [0, 0.05) is 19.3 Å². The summed E-state index contributed by atoms with van der Waals surface area (Å²) in [6.07, 6.45) is 4.93. The molecule has 0 spiro atoms. The van der Waals surface area contributed by atoms with E-state index in [0.29, 0.717) is 28.8 Å². The van der Waals surface area contributed by atoms with Crippen molar-refractivity contribution in [2.75, 3.05) is 18.8 Å². The van der Waals surface area contributed by atoms with Gasteiger partial charge in [-0.1, -0.05) is 48.2 Å². The van der Waals surface area contributed by atoms with Crippen LogP contribution in [0.2, 0.25) is 0 Å². The monoisotopic (exact) mass is 444 g/mol. The molecule has 8 heteroatoms. The van der Waals surface area contributed by atoms with E-state index in [-0.39, 0.29) is 5.91 Å². The summed E-state index contributed by atoms with van der Waals surface area (Å²) in [6.45, 7) is 1.66. The minimum Gasteiger partial charge on any atom is -0.342 e. The molecule has 1 saturated heterocycles. The maximum Gasteiger partial charge on any atom is 0.232 e. The highest BCUT2D eigenvalue weighted by Crippen LogP contribution is 2.24. The first kappa shape index (κ1) is 20.6. The molecule has 0 radical (unpaired) electrons. The molecule has 4 heterocycles. The number of likely N-dealkylation sites (tertiary alicyclic amines) is 1. The van der Waals surface area contributed by atoms with Gasteiger partial charge in [0.15, 0.2) is 5.65 Å². The van der Waals surface area contributed by atoms with Crippen molar-refractivity contribution < 1.29 is 4.79 Å². The number of hydrogen-bond donors (Lipinski definition) is 0. The second-order valence-corrected chi connectivity index (χ2v) is 8.98. The van der Waals surface area contributed by atoms with Gasteiger partial charge in [0.25, 0.3) is 0 Å². The third-order valence-corrected chi connectivity index (χ3v) is 6.72. The number of thioether (sulfide) groups is 1. The van der Waals surface area contributed by atoms with Crippen molar-refractivity contribution in [2.24, 2.45) is 5.92 Å². The van der Waals surface area contributed by atoms with Crippen LogP contribution in [-0.4, -0.2) is 54.4 Å². The van der Waals surface area contributed by atoms with Gasteiger partial charge in [-0.15, -0.1) is 10.2 Å². The number of rotatable bonds is 6. The van der Waals surface area contributed by atoms with E-state index in [2.05, 4.69) is 50.6 Å². The number of hydrogen-bond acceptors (Lipinski definition) is 6. The van der Waals surface area contributed by atoms with E-state index in [1.54, 1.807) is 10.7 Å². The highest BCUT2D eigenvalue weighted by molar-refractivity contribution is 7.99. The molecule has 162 valence electrons.